The van der Waals surface area contributed by atoms with E-state index < -0.39 is 15.8 Å². The molecule has 2 N–H and O–H groups in total. The third-order valence-electron chi connectivity index (χ3n) is 2.78. The highest BCUT2D eigenvalue weighted by atomic mass is 35.5. The van der Waals surface area contributed by atoms with Gasteiger partial charge in [-0.3, -0.25) is 0 Å². The van der Waals surface area contributed by atoms with Crippen LogP contribution in [0.1, 0.15) is 26.7 Å². The Labute approximate surface area is 118 Å². The van der Waals surface area contributed by atoms with E-state index in [1.165, 1.54) is 4.31 Å². The molecule has 0 atom stereocenters. The monoisotopic (exact) mass is 308 g/mol. The third-order valence-corrected chi connectivity index (χ3v) is 5.22. The maximum Gasteiger partial charge on any atom is 0.244 e. The molecule has 0 saturated carbocycles. The molecule has 0 aromatic heterocycles. The Bertz CT molecular complexity index is 549. The van der Waals surface area contributed by atoms with Crippen LogP contribution >= 0.6 is 11.6 Å². The summed E-state index contributed by atoms with van der Waals surface area (Å²) in [6, 6.07) is 2.00. The molecule has 0 radical (unpaired) electrons. The number of nitrogens with two attached hydrogens (primary N) is 1. The van der Waals surface area contributed by atoms with Gasteiger partial charge in [0.15, 0.2) is 0 Å². The van der Waals surface area contributed by atoms with E-state index in [-0.39, 0.29) is 15.6 Å². The SMILES string of the molecule is CCCCN(CC)S(=O)(=O)c1cc(N)c(F)cc1Cl. The van der Waals surface area contributed by atoms with E-state index in [1.54, 1.807) is 6.92 Å². The molecule has 7 heteroatoms. The number of hydrogen-bond donors (Lipinski definition) is 1. The first-order valence-electron chi connectivity index (χ1n) is 6.09. The summed E-state index contributed by atoms with van der Waals surface area (Å²) >= 11 is 5.82. The number of benzene rings is 1. The zero-order valence-electron chi connectivity index (χ0n) is 11.0. The molecule has 0 saturated heterocycles. The lowest BCUT2D eigenvalue weighted by atomic mass is 10.3. The second kappa shape index (κ2) is 6.54. The fourth-order valence-electron chi connectivity index (χ4n) is 1.66. The summed E-state index contributed by atoms with van der Waals surface area (Å²) in [6.45, 7) is 4.45. The molecule has 0 bridgehead atoms. The van der Waals surface area contributed by atoms with Gasteiger partial charge in [-0.2, -0.15) is 4.31 Å². The van der Waals surface area contributed by atoms with E-state index in [0.29, 0.717) is 13.1 Å². The van der Waals surface area contributed by atoms with E-state index in [1.807, 2.05) is 6.92 Å². The van der Waals surface area contributed by atoms with Crippen LogP contribution in [0.2, 0.25) is 5.02 Å². The fourth-order valence-corrected chi connectivity index (χ4v) is 3.68. The fraction of sp³-hybridized carbons (Fsp3) is 0.500. The van der Waals surface area contributed by atoms with Crippen molar-refractivity contribution in [1.29, 1.82) is 0 Å². The summed E-state index contributed by atoms with van der Waals surface area (Å²) < 4.78 is 39.4. The van der Waals surface area contributed by atoms with Gasteiger partial charge in [0, 0.05) is 13.1 Å². The summed E-state index contributed by atoms with van der Waals surface area (Å²) in [5.74, 6) is -0.722. The van der Waals surface area contributed by atoms with Crippen molar-refractivity contribution < 1.29 is 12.8 Å². The van der Waals surface area contributed by atoms with Gasteiger partial charge >= 0.3 is 0 Å². The molecule has 0 aliphatic carbocycles. The van der Waals surface area contributed by atoms with Crippen molar-refractivity contribution in [3.63, 3.8) is 0 Å². The van der Waals surface area contributed by atoms with Gasteiger partial charge in [0.1, 0.15) is 10.7 Å². The topological polar surface area (TPSA) is 63.4 Å². The first-order valence-corrected chi connectivity index (χ1v) is 7.91. The number of unbranched alkanes of at least 4 members (excludes halogenated alkanes) is 1. The third kappa shape index (κ3) is 3.58. The molecular formula is C12H18ClFN2O2S. The minimum atomic E-state index is -3.74. The minimum Gasteiger partial charge on any atom is -0.396 e. The van der Waals surface area contributed by atoms with E-state index in [9.17, 15) is 12.8 Å². The number of nitrogen functional groups attached to an aromatic ring is 1. The smallest absolute Gasteiger partial charge is 0.244 e. The van der Waals surface area contributed by atoms with Gasteiger partial charge in [0.05, 0.1) is 10.7 Å². The Morgan fingerprint density at radius 2 is 2.00 bits per heavy atom. The Kier molecular flexibility index (Phi) is 5.58. The van der Waals surface area contributed by atoms with Crippen LogP contribution in [0, 0.1) is 5.82 Å². The van der Waals surface area contributed by atoms with Crippen LogP contribution < -0.4 is 5.73 Å². The van der Waals surface area contributed by atoms with Crippen LogP contribution in [0.15, 0.2) is 17.0 Å². The van der Waals surface area contributed by atoms with Crippen molar-refractivity contribution in [2.24, 2.45) is 0 Å². The van der Waals surface area contributed by atoms with Crippen molar-refractivity contribution in [2.75, 3.05) is 18.8 Å². The molecule has 0 aliphatic heterocycles. The van der Waals surface area contributed by atoms with Crippen LogP contribution in [-0.2, 0) is 10.0 Å². The van der Waals surface area contributed by atoms with Crippen LogP contribution in [0.5, 0.6) is 0 Å². The molecular weight excluding hydrogens is 291 g/mol. The predicted octanol–water partition coefficient (Wildman–Crippen LogP) is 2.87. The Balaban J connectivity index is 3.22. The summed E-state index contributed by atoms with van der Waals surface area (Å²) in [5, 5.41) is -0.151. The molecule has 4 nitrogen and oxygen atoms in total. The summed E-state index contributed by atoms with van der Waals surface area (Å²) in [6.07, 6.45) is 1.63. The van der Waals surface area contributed by atoms with Crippen LogP contribution in [0.3, 0.4) is 0 Å². The van der Waals surface area contributed by atoms with Crippen LogP contribution in [0.4, 0.5) is 10.1 Å². The van der Waals surface area contributed by atoms with E-state index >= 15 is 0 Å². The van der Waals surface area contributed by atoms with Gasteiger partial charge in [-0.1, -0.05) is 31.9 Å². The van der Waals surface area contributed by atoms with Crippen LogP contribution in [0.25, 0.3) is 0 Å². The molecule has 0 heterocycles. The summed E-state index contributed by atoms with van der Waals surface area (Å²) in [5.41, 5.74) is 5.18. The maximum absolute atomic E-state index is 13.2. The van der Waals surface area contributed by atoms with Crippen molar-refractivity contribution in [1.82, 2.24) is 4.31 Å². The molecule has 108 valence electrons. The predicted molar refractivity (Wildman–Crippen MR) is 75.2 cm³/mol. The normalized spacial score (nSPS) is 12.1. The molecule has 0 fully saturated rings. The first-order chi connectivity index (χ1) is 8.84. The highest BCUT2D eigenvalue weighted by molar-refractivity contribution is 7.89. The molecule has 0 aliphatic rings. The lowest BCUT2D eigenvalue weighted by Gasteiger charge is -2.21. The first kappa shape index (κ1) is 16.2. The number of nitrogens with zero attached hydrogens (tertiary/aromatic N) is 1. The van der Waals surface area contributed by atoms with E-state index in [2.05, 4.69) is 0 Å². The van der Waals surface area contributed by atoms with Gasteiger partial charge < -0.3 is 5.73 Å². The highest BCUT2D eigenvalue weighted by Crippen LogP contribution is 2.28. The largest absolute Gasteiger partial charge is 0.396 e. The number of sulfonamides is 1. The Hall–Kier alpha value is -0.850. The van der Waals surface area contributed by atoms with Crippen molar-refractivity contribution in [3.8, 4) is 0 Å². The second-order valence-electron chi connectivity index (χ2n) is 4.15. The molecule has 1 rings (SSSR count). The van der Waals surface area contributed by atoms with Gasteiger partial charge in [-0.25, -0.2) is 12.8 Å². The van der Waals surface area contributed by atoms with Gasteiger partial charge in [-0.05, 0) is 18.6 Å². The van der Waals surface area contributed by atoms with Crippen molar-refractivity contribution >= 4 is 27.3 Å². The van der Waals surface area contributed by atoms with E-state index in [4.69, 9.17) is 17.3 Å². The standard InChI is InChI=1S/C12H18ClFN2O2S/c1-3-5-6-16(4-2)19(17,18)12-8-11(15)10(14)7-9(12)13/h7-8H,3-6,15H2,1-2H3. The quantitative estimate of drug-likeness (QED) is 0.822. The molecule has 1 aromatic carbocycles. The Morgan fingerprint density at radius 3 is 2.53 bits per heavy atom. The zero-order chi connectivity index (χ0) is 14.6. The molecule has 0 spiro atoms. The zero-order valence-corrected chi connectivity index (χ0v) is 12.6. The highest BCUT2D eigenvalue weighted by Gasteiger charge is 2.26. The van der Waals surface area contributed by atoms with Gasteiger partial charge in [0.2, 0.25) is 10.0 Å². The lowest BCUT2D eigenvalue weighted by molar-refractivity contribution is 0.419. The molecule has 19 heavy (non-hydrogen) atoms. The summed E-state index contributed by atoms with van der Waals surface area (Å²) in [7, 11) is -3.74. The Morgan fingerprint density at radius 1 is 1.37 bits per heavy atom. The van der Waals surface area contributed by atoms with Gasteiger partial charge in [-0.15, -0.1) is 0 Å². The number of halogens is 2. The second-order valence-corrected chi connectivity index (χ2v) is 6.47. The number of hydrogen-bond acceptors (Lipinski definition) is 3. The van der Waals surface area contributed by atoms with Crippen LogP contribution in [-0.4, -0.2) is 25.8 Å². The molecule has 1 aromatic rings. The van der Waals surface area contributed by atoms with Crippen molar-refractivity contribution in [3.05, 3.63) is 23.0 Å². The number of rotatable bonds is 6. The minimum absolute atomic E-state index is 0.147. The average molecular weight is 309 g/mol. The maximum atomic E-state index is 13.2. The lowest BCUT2D eigenvalue weighted by Crippen LogP contribution is -2.32. The average Bonchev–Trinajstić information content (AvgIpc) is 2.34. The molecule has 0 unspecified atom stereocenters. The molecule has 0 amide bonds. The van der Waals surface area contributed by atoms with Gasteiger partial charge in [0.25, 0.3) is 0 Å². The van der Waals surface area contributed by atoms with Crippen molar-refractivity contribution in [2.45, 2.75) is 31.6 Å². The van der Waals surface area contributed by atoms with E-state index in [0.717, 1.165) is 25.0 Å². The summed E-state index contributed by atoms with van der Waals surface area (Å²) in [4.78, 5) is -0.147. The number of anilines is 1.